The molecule has 0 aliphatic carbocycles. The summed E-state index contributed by atoms with van der Waals surface area (Å²) >= 11 is 0. The normalized spacial score (nSPS) is 13.7. The maximum atomic E-state index is 6.17. The van der Waals surface area contributed by atoms with Gasteiger partial charge in [0.1, 0.15) is 0 Å². The number of ether oxygens (including phenoxy) is 1. The Kier molecular flexibility index (Phi) is 5.36. The first-order valence-corrected chi connectivity index (χ1v) is 6.70. The van der Waals surface area contributed by atoms with Gasteiger partial charge in [-0.15, -0.1) is 0 Å². The van der Waals surface area contributed by atoms with Gasteiger partial charge in [-0.3, -0.25) is 0 Å². The first kappa shape index (κ1) is 15.2. The molecule has 2 nitrogen and oxygen atoms in total. The third-order valence-electron chi connectivity index (χ3n) is 3.12. The molecule has 1 unspecified atom stereocenters. The molecule has 1 aromatic rings. The lowest BCUT2D eigenvalue weighted by molar-refractivity contribution is 0.0973. The smallest absolute Gasteiger partial charge is 0.0659 e. The summed E-state index contributed by atoms with van der Waals surface area (Å²) in [7, 11) is 0. The first-order chi connectivity index (χ1) is 8.29. The summed E-state index contributed by atoms with van der Waals surface area (Å²) in [5.74, 6) is 0. The zero-order valence-corrected chi connectivity index (χ0v) is 12.4. The molecule has 18 heavy (non-hydrogen) atoms. The highest BCUT2D eigenvalue weighted by Gasteiger charge is 2.12. The fourth-order valence-corrected chi connectivity index (χ4v) is 1.92. The van der Waals surface area contributed by atoms with E-state index in [0.29, 0.717) is 12.0 Å². The van der Waals surface area contributed by atoms with Gasteiger partial charge in [-0.2, -0.15) is 0 Å². The third kappa shape index (κ3) is 5.19. The topological polar surface area (TPSA) is 35.2 Å². The maximum Gasteiger partial charge on any atom is 0.0659 e. The summed E-state index contributed by atoms with van der Waals surface area (Å²) in [6, 6.07) is 6.37. The summed E-state index contributed by atoms with van der Waals surface area (Å²) in [4.78, 5) is 0. The molecule has 0 saturated heterocycles. The number of benzene rings is 1. The number of hydrogen-bond donors (Lipinski definition) is 1. The van der Waals surface area contributed by atoms with Crippen molar-refractivity contribution in [3.05, 3.63) is 34.9 Å². The Balaban J connectivity index is 2.43. The van der Waals surface area contributed by atoms with Crippen molar-refractivity contribution in [3.8, 4) is 0 Å². The Hall–Kier alpha value is -0.860. The van der Waals surface area contributed by atoms with Crippen LogP contribution >= 0.6 is 0 Å². The lowest BCUT2D eigenvalue weighted by Gasteiger charge is -2.20. The van der Waals surface area contributed by atoms with Crippen molar-refractivity contribution in [2.75, 3.05) is 13.2 Å². The van der Waals surface area contributed by atoms with E-state index in [1.165, 1.54) is 16.7 Å². The van der Waals surface area contributed by atoms with Crippen molar-refractivity contribution >= 4 is 0 Å². The van der Waals surface area contributed by atoms with E-state index >= 15 is 0 Å². The van der Waals surface area contributed by atoms with Crippen LogP contribution < -0.4 is 5.73 Å². The van der Waals surface area contributed by atoms with Crippen molar-refractivity contribution in [1.29, 1.82) is 0 Å². The highest BCUT2D eigenvalue weighted by atomic mass is 16.5. The van der Waals surface area contributed by atoms with Crippen LogP contribution in [0.3, 0.4) is 0 Å². The van der Waals surface area contributed by atoms with Crippen molar-refractivity contribution in [2.45, 2.75) is 47.1 Å². The van der Waals surface area contributed by atoms with Crippen LogP contribution in [0.25, 0.3) is 0 Å². The summed E-state index contributed by atoms with van der Waals surface area (Å²) in [6.45, 7) is 12.3. The van der Waals surface area contributed by atoms with Crippen molar-refractivity contribution < 1.29 is 4.74 Å². The molecule has 0 heterocycles. The highest BCUT2D eigenvalue weighted by molar-refractivity contribution is 5.32. The summed E-state index contributed by atoms with van der Waals surface area (Å²) in [5, 5.41) is 0. The average Bonchev–Trinajstić information content (AvgIpc) is 2.22. The second-order valence-corrected chi connectivity index (χ2v) is 6.35. The Morgan fingerprint density at radius 1 is 1.22 bits per heavy atom. The molecule has 0 amide bonds. The van der Waals surface area contributed by atoms with E-state index < -0.39 is 0 Å². The van der Waals surface area contributed by atoms with E-state index in [-0.39, 0.29) is 6.04 Å². The van der Waals surface area contributed by atoms with Gasteiger partial charge in [-0.1, -0.05) is 44.5 Å². The van der Waals surface area contributed by atoms with Gasteiger partial charge in [-0.05, 0) is 36.8 Å². The van der Waals surface area contributed by atoms with Gasteiger partial charge in [0.05, 0.1) is 12.6 Å². The monoisotopic (exact) mass is 249 g/mol. The molecule has 2 N–H and O–H groups in total. The van der Waals surface area contributed by atoms with E-state index in [9.17, 15) is 0 Å². The lowest BCUT2D eigenvalue weighted by Crippen LogP contribution is -2.20. The van der Waals surface area contributed by atoms with Crippen molar-refractivity contribution in [3.63, 3.8) is 0 Å². The molecule has 0 fully saturated rings. The minimum absolute atomic E-state index is 0.0226. The van der Waals surface area contributed by atoms with Crippen LogP contribution in [0.4, 0.5) is 0 Å². The summed E-state index contributed by atoms with van der Waals surface area (Å²) in [5.41, 5.74) is 10.2. The molecular formula is C16H27NO. The highest BCUT2D eigenvalue weighted by Crippen LogP contribution is 2.20. The lowest BCUT2D eigenvalue weighted by atomic mass is 9.93. The van der Waals surface area contributed by atoms with Crippen LogP contribution in [-0.2, 0) is 4.74 Å². The number of aryl methyl sites for hydroxylation is 2. The number of hydrogen-bond acceptors (Lipinski definition) is 2. The molecule has 1 atom stereocenters. The summed E-state index contributed by atoms with van der Waals surface area (Å²) in [6.07, 6.45) is 1.06. The molecular weight excluding hydrogens is 222 g/mol. The average molecular weight is 249 g/mol. The Morgan fingerprint density at radius 3 is 2.44 bits per heavy atom. The molecule has 0 aliphatic rings. The van der Waals surface area contributed by atoms with Gasteiger partial charge in [0.15, 0.2) is 0 Å². The largest absolute Gasteiger partial charge is 0.379 e. The zero-order chi connectivity index (χ0) is 13.8. The van der Waals surface area contributed by atoms with Crippen molar-refractivity contribution in [1.82, 2.24) is 0 Å². The predicted molar refractivity (Wildman–Crippen MR) is 77.7 cm³/mol. The van der Waals surface area contributed by atoms with Crippen LogP contribution in [0.5, 0.6) is 0 Å². The molecule has 1 aromatic carbocycles. The van der Waals surface area contributed by atoms with Crippen LogP contribution in [0, 0.1) is 19.3 Å². The minimum Gasteiger partial charge on any atom is -0.379 e. The van der Waals surface area contributed by atoms with Crippen LogP contribution in [0.1, 0.15) is 49.9 Å². The van der Waals surface area contributed by atoms with Crippen molar-refractivity contribution in [2.24, 2.45) is 11.1 Å². The molecule has 1 rings (SSSR count). The molecule has 0 radical (unpaired) electrons. The molecule has 0 aliphatic heterocycles. The Labute approximate surface area is 112 Å². The Bertz CT molecular complexity index is 379. The third-order valence-corrected chi connectivity index (χ3v) is 3.12. The second kappa shape index (κ2) is 6.35. The maximum absolute atomic E-state index is 6.17. The van der Waals surface area contributed by atoms with Gasteiger partial charge >= 0.3 is 0 Å². The first-order valence-electron chi connectivity index (χ1n) is 6.70. The van der Waals surface area contributed by atoms with Gasteiger partial charge < -0.3 is 10.5 Å². The van der Waals surface area contributed by atoms with Gasteiger partial charge in [0, 0.05) is 6.61 Å². The van der Waals surface area contributed by atoms with E-state index in [2.05, 4.69) is 52.8 Å². The Morgan fingerprint density at radius 2 is 1.89 bits per heavy atom. The number of rotatable bonds is 5. The van der Waals surface area contributed by atoms with Gasteiger partial charge in [0.25, 0.3) is 0 Å². The molecule has 0 spiro atoms. The zero-order valence-electron chi connectivity index (χ0n) is 12.4. The SMILES string of the molecule is Cc1ccc(C(N)COCCC(C)(C)C)c(C)c1. The van der Waals surface area contributed by atoms with Crippen LogP contribution in [0.15, 0.2) is 18.2 Å². The standard InChI is InChI=1S/C16H27NO/c1-12-6-7-14(13(2)10-12)15(17)11-18-9-8-16(3,4)5/h6-7,10,15H,8-9,11,17H2,1-5H3. The van der Waals surface area contributed by atoms with Gasteiger partial charge in [-0.25, -0.2) is 0 Å². The minimum atomic E-state index is -0.0226. The molecule has 102 valence electrons. The van der Waals surface area contributed by atoms with Gasteiger partial charge in [0.2, 0.25) is 0 Å². The molecule has 2 heteroatoms. The van der Waals surface area contributed by atoms with E-state index in [0.717, 1.165) is 13.0 Å². The van der Waals surface area contributed by atoms with E-state index in [1.54, 1.807) is 0 Å². The van der Waals surface area contributed by atoms with E-state index in [4.69, 9.17) is 10.5 Å². The quantitative estimate of drug-likeness (QED) is 0.806. The number of nitrogens with two attached hydrogens (primary N) is 1. The van der Waals surface area contributed by atoms with Crippen LogP contribution in [-0.4, -0.2) is 13.2 Å². The fourth-order valence-electron chi connectivity index (χ4n) is 1.92. The molecule has 0 saturated carbocycles. The second-order valence-electron chi connectivity index (χ2n) is 6.35. The molecule has 0 aromatic heterocycles. The fraction of sp³-hybridized carbons (Fsp3) is 0.625. The van der Waals surface area contributed by atoms with E-state index in [1.807, 2.05) is 0 Å². The molecule has 0 bridgehead atoms. The summed E-state index contributed by atoms with van der Waals surface area (Å²) < 4.78 is 5.69. The predicted octanol–water partition coefficient (Wildman–Crippen LogP) is 3.76. The van der Waals surface area contributed by atoms with Crippen LogP contribution in [0.2, 0.25) is 0 Å².